The summed E-state index contributed by atoms with van der Waals surface area (Å²) in [5.41, 5.74) is 7.71. The predicted molar refractivity (Wildman–Crippen MR) is 70.1 cm³/mol. The first-order valence-electron chi connectivity index (χ1n) is 5.14. The number of rotatable bonds is 1. The molecule has 1 nitrogen and oxygen atoms in total. The highest BCUT2D eigenvalue weighted by atomic mass is 32.2. The predicted octanol–water partition coefficient (Wildman–Crippen LogP) is 4.35. The zero-order valence-corrected chi connectivity index (χ0v) is 11.0. The molecular weight excluding hydrogens is 190 g/mol. The van der Waals surface area contributed by atoms with Crippen molar-refractivity contribution in [3.63, 3.8) is 0 Å². The minimum atomic E-state index is 0.881. The Labute approximate surface area is 93.1 Å². The quantitative estimate of drug-likeness (QED) is 0.554. The van der Waals surface area contributed by atoms with Crippen LogP contribution in [0.3, 0.4) is 0 Å². The van der Waals surface area contributed by atoms with Crippen molar-refractivity contribution in [3.8, 4) is 0 Å². The van der Waals surface area contributed by atoms with Gasteiger partial charge in [0.1, 0.15) is 0 Å². The van der Waals surface area contributed by atoms with Gasteiger partial charge >= 0.3 is 0 Å². The summed E-state index contributed by atoms with van der Waals surface area (Å²) in [6, 6.07) is 6.12. The molecule has 0 fully saturated rings. The van der Waals surface area contributed by atoms with Gasteiger partial charge < -0.3 is 5.73 Å². The first kappa shape index (κ1) is 15.8. The van der Waals surface area contributed by atoms with E-state index in [0.29, 0.717) is 0 Å². The molecule has 1 aromatic rings. The molecule has 0 saturated heterocycles. The summed E-state index contributed by atoms with van der Waals surface area (Å²) in [4.78, 5) is 1.23. The molecule has 0 unspecified atom stereocenters. The summed E-state index contributed by atoms with van der Waals surface area (Å²) in [6.07, 6.45) is 2.05. The Morgan fingerprint density at radius 2 is 1.57 bits per heavy atom. The summed E-state index contributed by atoms with van der Waals surface area (Å²) in [5.74, 6) is 0. The van der Waals surface area contributed by atoms with Crippen molar-refractivity contribution in [2.75, 3.05) is 12.0 Å². The van der Waals surface area contributed by atoms with E-state index in [1.165, 1.54) is 4.90 Å². The van der Waals surface area contributed by atoms with E-state index in [4.69, 9.17) is 5.73 Å². The fourth-order valence-corrected chi connectivity index (χ4v) is 1.19. The molecule has 1 rings (SSSR count). The Morgan fingerprint density at radius 3 is 1.93 bits per heavy atom. The highest BCUT2D eigenvalue weighted by Crippen LogP contribution is 2.19. The van der Waals surface area contributed by atoms with E-state index in [0.717, 1.165) is 11.3 Å². The summed E-state index contributed by atoms with van der Waals surface area (Å²) in [7, 11) is 0. The van der Waals surface area contributed by atoms with Gasteiger partial charge in [0, 0.05) is 10.6 Å². The highest BCUT2D eigenvalue weighted by Gasteiger charge is 1.93. The van der Waals surface area contributed by atoms with Crippen molar-refractivity contribution in [2.24, 2.45) is 0 Å². The van der Waals surface area contributed by atoms with Crippen LogP contribution in [0, 0.1) is 6.92 Å². The van der Waals surface area contributed by atoms with Crippen LogP contribution < -0.4 is 5.73 Å². The highest BCUT2D eigenvalue weighted by molar-refractivity contribution is 7.98. The third-order valence-corrected chi connectivity index (χ3v) is 2.21. The molecule has 0 aliphatic carbocycles. The van der Waals surface area contributed by atoms with Gasteiger partial charge in [-0.25, -0.2) is 0 Å². The number of aryl methyl sites for hydroxylation is 1. The van der Waals surface area contributed by atoms with Gasteiger partial charge in [0.05, 0.1) is 0 Å². The van der Waals surface area contributed by atoms with Crippen LogP contribution in [-0.2, 0) is 0 Å². The fraction of sp³-hybridized carbons (Fsp3) is 0.500. The van der Waals surface area contributed by atoms with Gasteiger partial charge in [-0.15, -0.1) is 11.8 Å². The summed E-state index contributed by atoms with van der Waals surface area (Å²) >= 11 is 1.71. The van der Waals surface area contributed by atoms with E-state index in [1.54, 1.807) is 11.8 Å². The van der Waals surface area contributed by atoms with Crippen molar-refractivity contribution in [1.29, 1.82) is 0 Å². The molecule has 14 heavy (non-hydrogen) atoms. The standard InChI is InChI=1S/C8H11NS.2C2H6/c1-6-3-4-7(10-2)5-8(6)9;2*1-2/h3-5H,9H2,1-2H3;2*1-2H3. The number of nitrogens with two attached hydrogens (primary N) is 1. The fourth-order valence-electron chi connectivity index (χ4n) is 0.746. The summed E-state index contributed by atoms with van der Waals surface area (Å²) < 4.78 is 0. The second-order valence-corrected chi connectivity index (χ2v) is 3.10. The number of anilines is 1. The van der Waals surface area contributed by atoms with Gasteiger partial charge in [0.15, 0.2) is 0 Å². The first-order valence-corrected chi connectivity index (χ1v) is 6.36. The van der Waals surface area contributed by atoms with Crippen LogP contribution in [0.2, 0.25) is 0 Å². The average Bonchev–Trinajstić information content (AvgIpc) is 2.28. The Bertz CT molecular complexity index is 234. The molecule has 0 amide bonds. The molecule has 0 aromatic heterocycles. The number of hydrogen-bond donors (Lipinski definition) is 1. The number of thioether (sulfide) groups is 1. The van der Waals surface area contributed by atoms with Crippen molar-refractivity contribution in [2.45, 2.75) is 39.5 Å². The first-order chi connectivity index (χ1) is 6.74. The smallest absolute Gasteiger partial charge is 0.0354 e. The zero-order valence-electron chi connectivity index (χ0n) is 10.2. The van der Waals surface area contributed by atoms with Crippen molar-refractivity contribution < 1.29 is 0 Å². The second-order valence-electron chi connectivity index (χ2n) is 2.22. The lowest BCUT2D eigenvalue weighted by Crippen LogP contribution is -1.88. The van der Waals surface area contributed by atoms with Crippen LogP contribution >= 0.6 is 11.8 Å². The molecular formula is C12H23NS. The maximum absolute atomic E-state index is 5.68. The average molecular weight is 213 g/mol. The van der Waals surface area contributed by atoms with E-state index >= 15 is 0 Å². The molecule has 0 heterocycles. The van der Waals surface area contributed by atoms with Gasteiger partial charge in [0.2, 0.25) is 0 Å². The van der Waals surface area contributed by atoms with E-state index in [9.17, 15) is 0 Å². The molecule has 1 aromatic carbocycles. The minimum absolute atomic E-state index is 0.881. The molecule has 0 spiro atoms. The second kappa shape index (κ2) is 10.5. The zero-order chi connectivity index (χ0) is 11.6. The molecule has 0 aliphatic heterocycles. The maximum Gasteiger partial charge on any atom is 0.0354 e. The van der Waals surface area contributed by atoms with Gasteiger partial charge in [-0.3, -0.25) is 0 Å². The van der Waals surface area contributed by atoms with E-state index in [1.807, 2.05) is 53.0 Å². The maximum atomic E-state index is 5.68. The van der Waals surface area contributed by atoms with Crippen LogP contribution in [0.5, 0.6) is 0 Å². The Kier molecular flexibility index (Phi) is 11.8. The number of nitrogen functional groups attached to an aromatic ring is 1. The van der Waals surface area contributed by atoms with Crippen LogP contribution in [0.25, 0.3) is 0 Å². The lowest BCUT2D eigenvalue weighted by atomic mass is 10.2. The van der Waals surface area contributed by atoms with Gasteiger partial charge in [-0.2, -0.15) is 0 Å². The van der Waals surface area contributed by atoms with Crippen LogP contribution in [0.1, 0.15) is 33.3 Å². The van der Waals surface area contributed by atoms with Crippen LogP contribution in [0.4, 0.5) is 5.69 Å². The third-order valence-electron chi connectivity index (χ3n) is 1.49. The third kappa shape index (κ3) is 5.92. The summed E-state index contributed by atoms with van der Waals surface area (Å²) in [5, 5.41) is 0. The molecule has 0 atom stereocenters. The van der Waals surface area contributed by atoms with Crippen LogP contribution in [0.15, 0.2) is 23.1 Å². The molecule has 0 aliphatic rings. The number of benzene rings is 1. The minimum Gasteiger partial charge on any atom is -0.398 e. The van der Waals surface area contributed by atoms with E-state index in [-0.39, 0.29) is 0 Å². The Balaban J connectivity index is 0. The topological polar surface area (TPSA) is 26.0 Å². The van der Waals surface area contributed by atoms with E-state index < -0.39 is 0 Å². The Hall–Kier alpha value is -0.630. The molecule has 2 heteroatoms. The van der Waals surface area contributed by atoms with Crippen LogP contribution in [-0.4, -0.2) is 6.26 Å². The van der Waals surface area contributed by atoms with Crippen molar-refractivity contribution >= 4 is 17.4 Å². The Morgan fingerprint density at radius 1 is 1.07 bits per heavy atom. The van der Waals surface area contributed by atoms with Gasteiger partial charge in [0.25, 0.3) is 0 Å². The SMILES string of the molecule is CC.CC.CSc1ccc(C)c(N)c1. The number of hydrogen-bond acceptors (Lipinski definition) is 2. The van der Waals surface area contributed by atoms with E-state index in [2.05, 4.69) is 6.07 Å². The summed E-state index contributed by atoms with van der Waals surface area (Å²) in [6.45, 7) is 10.0. The lowest BCUT2D eigenvalue weighted by Gasteiger charge is -2.00. The monoisotopic (exact) mass is 213 g/mol. The molecule has 0 saturated carbocycles. The van der Waals surface area contributed by atoms with Crippen molar-refractivity contribution in [3.05, 3.63) is 23.8 Å². The van der Waals surface area contributed by atoms with Gasteiger partial charge in [-0.1, -0.05) is 33.8 Å². The molecule has 0 radical (unpaired) electrons. The largest absolute Gasteiger partial charge is 0.398 e. The molecule has 82 valence electrons. The molecule has 2 N–H and O–H groups in total. The normalized spacial score (nSPS) is 7.86. The van der Waals surface area contributed by atoms with Crippen molar-refractivity contribution in [1.82, 2.24) is 0 Å². The van der Waals surface area contributed by atoms with Gasteiger partial charge in [-0.05, 0) is 30.9 Å². The molecule has 0 bridgehead atoms. The lowest BCUT2D eigenvalue weighted by molar-refractivity contribution is 1.38.